The van der Waals surface area contributed by atoms with Crippen LogP contribution in [0.5, 0.6) is 5.75 Å². The van der Waals surface area contributed by atoms with Gasteiger partial charge in [-0.15, -0.1) is 0 Å². The van der Waals surface area contributed by atoms with Gasteiger partial charge in [0.1, 0.15) is 5.75 Å². The second-order valence-corrected chi connectivity index (χ2v) is 4.19. The largest absolute Gasteiger partial charge is 0.497 e. The number of carbonyl (C=O) groups excluding carboxylic acids is 1. The fraction of sp³-hybridized carbons (Fsp3) is 0.385. The van der Waals surface area contributed by atoms with Gasteiger partial charge in [0.05, 0.1) is 7.11 Å². The molecule has 1 aliphatic heterocycles. The van der Waals surface area contributed by atoms with Crippen molar-refractivity contribution in [2.24, 2.45) is 5.10 Å². The SMILES string of the molecule is CCC1=NN(C=O)C(O)(c2ccc(OC)cc2)C1. The number of aliphatic hydroxyl groups is 1. The number of ether oxygens (including phenoxy) is 1. The molecule has 0 spiro atoms. The monoisotopic (exact) mass is 248 g/mol. The molecule has 1 aromatic rings. The number of amides is 1. The summed E-state index contributed by atoms with van der Waals surface area (Å²) in [7, 11) is 1.58. The van der Waals surface area contributed by atoms with Crippen LogP contribution in [0, 0.1) is 0 Å². The molecule has 1 N–H and O–H groups in total. The van der Waals surface area contributed by atoms with E-state index in [1.54, 1.807) is 31.4 Å². The zero-order valence-corrected chi connectivity index (χ0v) is 10.5. The van der Waals surface area contributed by atoms with Gasteiger partial charge >= 0.3 is 0 Å². The molecule has 1 aromatic carbocycles. The summed E-state index contributed by atoms with van der Waals surface area (Å²) >= 11 is 0. The number of nitrogens with zero attached hydrogens (tertiary/aromatic N) is 2. The van der Waals surface area contributed by atoms with Crippen LogP contribution in [-0.2, 0) is 10.5 Å². The molecule has 0 aromatic heterocycles. The number of rotatable bonds is 4. The second kappa shape index (κ2) is 4.78. The predicted octanol–water partition coefficient (Wildman–Crippen LogP) is 1.47. The van der Waals surface area contributed by atoms with E-state index in [0.717, 1.165) is 10.7 Å². The van der Waals surface area contributed by atoms with E-state index in [2.05, 4.69) is 5.10 Å². The Labute approximate surface area is 106 Å². The van der Waals surface area contributed by atoms with Crippen LogP contribution < -0.4 is 4.74 Å². The maximum atomic E-state index is 11.0. The van der Waals surface area contributed by atoms with E-state index in [-0.39, 0.29) is 0 Å². The van der Waals surface area contributed by atoms with E-state index in [9.17, 15) is 9.90 Å². The zero-order chi connectivity index (χ0) is 13.2. The van der Waals surface area contributed by atoms with Crippen molar-refractivity contribution in [3.8, 4) is 5.75 Å². The van der Waals surface area contributed by atoms with E-state index in [1.165, 1.54) is 0 Å². The maximum Gasteiger partial charge on any atom is 0.232 e. The van der Waals surface area contributed by atoms with Crippen LogP contribution in [-0.4, -0.2) is 29.3 Å². The van der Waals surface area contributed by atoms with E-state index in [1.807, 2.05) is 6.92 Å². The summed E-state index contributed by atoms with van der Waals surface area (Å²) in [6.07, 6.45) is 1.60. The van der Waals surface area contributed by atoms with Crippen molar-refractivity contribution in [1.82, 2.24) is 5.01 Å². The van der Waals surface area contributed by atoms with Crippen molar-refractivity contribution < 1.29 is 14.6 Å². The Morgan fingerprint density at radius 3 is 2.67 bits per heavy atom. The number of benzene rings is 1. The summed E-state index contributed by atoms with van der Waals surface area (Å²) in [5.74, 6) is 0.703. The lowest BCUT2D eigenvalue weighted by molar-refractivity contribution is -0.143. The van der Waals surface area contributed by atoms with Gasteiger partial charge in [0.25, 0.3) is 0 Å². The van der Waals surface area contributed by atoms with Gasteiger partial charge in [-0.05, 0) is 18.6 Å². The average Bonchev–Trinajstić information content (AvgIpc) is 2.76. The highest BCUT2D eigenvalue weighted by Gasteiger charge is 2.41. The summed E-state index contributed by atoms with van der Waals surface area (Å²) in [4.78, 5) is 11.0. The number of carbonyl (C=O) groups is 1. The molecule has 1 atom stereocenters. The van der Waals surface area contributed by atoms with Crippen molar-refractivity contribution in [3.63, 3.8) is 0 Å². The minimum atomic E-state index is -1.38. The molecule has 0 saturated carbocycles. The molecule has 2 rings (SSSR count). The third-order valence-electron chi connectivity index (χ3n) is 3.14. The van der Waals surface area contributed by atoms with Gasteiger partial charge in [-0.1, -0.05) is 19.1 Å². The Hall–Kier alpha value is -1.88. The summed E-state index contributed by atoms with van der Waals surface area (Å²) in [6.45, 7) is 1.95. The first-order chi connectivity index (χ1) is 8.63. The summed E-state index contributed by atoms with van der Waals surface area (Å²) in [6, 6.07) is 6.98. The Bertz CT molecular complexity index is 470. The molecule has 1 unspecified atom stereocenters. The molecule has 0 radical (unpaired) electrons. The maximum absolute atomic E-state index is 11.0. The van der Waals surface area contributed by atoms with Gasteiger partial charge in [-0.25, -0.2) is 0 Å². The van der Waals surface area contributed by atoms with E-state index in [0.29, 0.717) is 30.6 Å². The normalized spacial score (nSPS) is 22.8. The average molecular weight is 248 g/mol. The Balaban J connectivity index is 2.33. The first-order valence-electron chi connectivity index (χ1n) is 5.82. The number of methoxy groups -OCH3 is 1. The van der Waals surface area contributed by atoms with Gasteiger partial charge in [0, 0.05) is 17.7 Å². The predicted molar refractivity (Wildman–Crippen MR) is 67.1 cm³/mol. The molecule has 96 valence electrons. The first kappa shape index (κ1) is 12.6. The molecule has 18 heavy (non-hydrogen) atoms. The number of hydrazone groups is 1. The Kier molecular flexibility index (Phi) is 3.34. The molecule has 1 aliphatic rings. The van der Waals surface area contributed by atoms with E-state index < -0.39 is 5.72 Å². The van der Waals surface area contributed by atoms with Crippen LogP contribution in [0.1, 0.15) is 25.3 Å². The second-order valence-electron chi connectivity index (χ2n) is 4.19. The zero-order valence-electron chi connectivity index (χ0n) is 10.5. The molecule has 1 amide bonds. The van der Waals surface area contributed by atoms with Gasteiger partial charge in [-0.3, -0.25) is 4.79 Å². The van der Waals surface area contributed by atoms with Gasteiger partial charge in [0.2, 0.25) is 6.41 Å². The van der Waals surface area contributed by atoms with Crippen LogP contribution in [0.3, 0.4) is 0 Å². The third kappa shape index (κ3) is 1.97. The lowest BCUT2D eigenvalue weighted by atomic mass is 9.97. The molecule has 5 nitrogen and oxygen atoms in total. The minimum absolute atomic E-state index is 0.342. The standard InChI is InChI=1S/C13H16N2O3/c1-3-11-8-13(17,15(9-16)14-11)10-4-6-12(18-2)7-5-10/h4-7,9,17H,3,8H2,1-2H3. The molecule has 1 heterocycles. The highest BCUT2D eigenvalue weighted by atomic mass is 16.5. The smallest absolute Gasteiger partial charge is 0.232 e. The lowest BCUT2D eigenvalue weighted by Crippen LogP contribution is -2.38. The highest BCUT2D eigenvalue weighted by Crippen LogP contribution is 2.35. The lowest BCUT2D eigenvalue weighted by Gasteiger charge is -2.28. The van der Waals surface area contributed by atoms with Crippen LogP contribution in [0.15, 0.2) is 29.4 Å². The van der Waals surface area contributed by atoms with Crippen LogP contribution >= 0.6 is 0 Å². The van der Waals surface area contributed by atoms with Crippen molar-refractivity contribution >= 4 is 12.1 Å². The molecule has 0 bridgehead atoms. The van der Waals surface area contributed by atoms with E-state index in [4.69, 9.17) is 4.74 Å². The summed E-state index contributed by atoms with van der Waals surface area (Å²) in [5, 5.41) is 15.8. The fourth-order valence-corrected chi connectivity index (χ4v) is 2.03. The summed E-state index contributed by atoms with van der Waals surface area (Å²) in [5.41, 5.74) is 0.0577. The Morgan fingerprint density at radius 1 is 1.50 bits per heavy atom. The van der Waals surface area contributed by atoms with Crippen molar-refractivity contribution in [2.45, 2.75) is 25.5 Å². The topological polar surface area (TPSA) is 62.1 Å². The minimum Gasteiger partial charge on any atom is -0.497 e. The number of hydrogen-bond acceptors (Lipinski definition) is 4. The quantitative estimate of drug-likeness (QED) is 0.821. The van der Waals surface area contributed by atoms with E-state index >= 15 is 0 Å². The number of hydrogen-bond donors (Lipinski definition) is 1. The first-order valence-corrected chi connectivity index (χ1v) is 5.82. The van der Waals surface area contributed by atoms with Crippen molar-refractivity contribution in [1.29, 1.82) is 0 Å². The Morgan fingerprint density at radius 2 is 2.17 bits per heavy atom. The molecular formula is C13H16N2O3. The van der Waals surface area contributed by atoms with Crippen LogP contribution in [0.25, 0.3) is 0 Å². The molecule has 0 fully saturated rings. The fourth-order valence-electron chi connectivity index (χ4n) is 2.03. The van der Waals surface area contributed by atoms with Crippen molar-refractivity contribution in [3.05, 3.63) is 29.8 Å². The van der Waals surface area contributed by atoms with Crippen molar-refractivity contribution in [2.75, 3.05) is 7.11 Å². The van der Waals surface area contributed by atoms with Gasteiger partial charge in [-0.2, -0.15) is 10.1 Å². The molecule has 5 heteroatoms. The summed E-state index contributed by atoms with van der Waals surface area (Å²) < 4.78 is 5.07. The molecule has 0 aliphatic carbocycles. The molecular weight excluding hydrogens is 232 g/mol. The molecule has 0 saturated heterocycles. The van der Waals surface area contributed by atoms with Crippen LogP contribution in [0.4, 0.5) is 0 Å². The van der Waals surface area contributed by atoms with Gasteiger partial charge in [0.15, 0.2) is 5.72 Å². The van der Waals surface area contributed by atoms with Gasteiger partial charge < -0.3 is 9.84 Å². The third-order valence-corrected chi connectivity index (χ3v) is 3.14. The van der Waals surface area contributed by atoms with Crippen LogP contribution in [0.2, 0.25) is 0 Å². The highest BCUT2D eigenvalue weighted by molar-refractivity contribution is 5.87.